The van der Waals surface area contributed by atoms with Gasteiger partial charge in [0.05, 0.1) is 0 Å². The van der Waals surface area contributed by atoms with E-state index in [-0.39, 0.29) is 0 Å². The van der Waals surface area contributed by atoms with Crippen LogP contribution in [0.25, 0.3) is 0 Å². The molecule has 4 N–H and O–H groups in total. The Morgan fingerprint density at radius 2 is 1.75 bits per heavy atom. The Bertz CT molecular complexity index is 358. The Balaban J connectivity index is 2.68. The number of hydrogen-bond acceptors (Lipinski definition) is 3. The predicted molar refractivity (Wildman–Crippen MR) is 62.8 cm³/mol. The topological polar surface area (TPSA) is 78.3 Å². The highest BCUT2D eigenvalue weighted by atomic mass is 16.6. The largest absolute Gasteiger partial charge is 0.443 e. The maximum Gasteiger partial charge on any atom is 0.405 e. The maximum absolute atomic E-state index is 10.7. The predicted octanol–water partition coefficient (Wildman–Crippen LogP) is 1.56. The number of rotatable bonds is 4. The summed E-state index contributed by atoms with van der Waals surface area (Å²) in [5.41, 5.74) is 12.1. The van der Waals surface area contributed by atoms with Crippen molar-refractivity contribution in [3.05, 3.63) is 35.4 Å². The minimum atomic E-state index is -0.747. The highest BCUT2D eigenvalue weighted by Gasteiger charge is 2.21. The third-order valence-corrected chi connectivity index (χ3v) is 2.27. The molecule has 0 unspecified atom stereocenters. The molecule has 1 amide bonds. The molecule has 4 nitrogen and oxygen atoms in total. The van der Waals surface area contributed by atoms with Crippen LogP contribution in [-0.2, 0) is 17.7 Å². The summed E-state index contributed by atoms with van der Waals surface area (Å²) in [6, 6.07) is 7.90. The molecular formula is C12H18N2O2. The van der Waals surface area contributed by atoms with Crippen LogP contribution < -0.4 is 11.5 Å². The Kier molecular flexibility index (Phi) is 3.90. The number of ether oxygens (including phenoxy) is 1. The number of benzene rings is 1. The van der Waals surface area contributed by atoms with Gasteiger partial charge in [-0.05, 0) is 25.0 Å². The quantitative estimate of drug-likeness (QED) is 0.811. The first kappa shape index (κ1) is 12.5. The Morgan fingerprint density at radius 3 is 2.19 bits per heavy atom. The number of amides is 1. The Morgan fingerprint density at radius 1 is 1.25 bits per heavy atom. The second-order valence-corrected chi connectivity index (χ2v) is 4.38. The zero-order valence-electron chi connectivity index (χ0n) is 9.69. The van der Waals surface area contributed by atoms with Crippen LogP contribution in [0.4, 0.5) is 4.79 Å². The molecule has 0 aliphatic heterocycles. The number of carbonyl (C=O) groups is 1. The van der Waals surface area contributed by atoms with E-state index < -0.39 is 11.7 Å². The second kappa shape index (κ2) is 4.99. The van der Waals surface area contributed by atoms with Crippen molar-refractivity contribution in [2.45, 2.75) is 32.4 Å². The summed E-state index contributed by atoms with van der Waals surface area (Å²) in [6.07, 6.45) is -0.121. The standard InChI is InChI=1S/C12H18N2O2/c1-12(2,16-11(14)15)7-9-3-5-10(8-13)6-4-9/h3-6H,7-8,13H2,1-2H3,(H2,14,15). The molecule has 16 heavy (non-hydrogen) atoms. The first-order valence-electron chi connectivity index (χ1n) is 5.19. The second-order valence-electron chi connectivity index (χ2n) is 4.38. The summed E-state index contributed by atoms with van der Waals surface area (Å²) in [7, 11) is 0. The van der Waals surface area contributed by atoms with Crippen LogP contribution in [0.3, 0.4) is 0 Å². The van der Waals surface area contributed by atoms with Gasteiger partial charge in [0.2, 0.25) is 0 Å². The lowest BCUT2D eigenvalue weighted by Crippen LogP contribution is -2.33. The van der Waals surface area contributed by atoms with Gasteiger partial charge in [-0.15, -0.1) is 0 Å². The first-order valence-corrected chi connectivity index (χ1v) is 5.19. The molecule has 0 aromatic heterocycles. The van der Waals surface area contributed by atoms with Crippen molar-refractivity contribution in [1.29, 1.82) is 0 Å². The number of nitrogens with two attached hydrogens (primary N) is 2. The normalized spacial score (nSPS) is 11.2. The van der Waals surface area contributed by atoms with E-state index in [4.69, 9.17) is 16.2 Å². The molecule has 1 rings (SSSR count). The van der Waals surface area contributed by atoms with Crippen LogP contribution in [0.15, 0.2) is 24.3 Å². The van der Waals surface area contributed by atoms with E-state index in [2.05, 4.69) is 0 Å². The van der Waals surface area contributed by atoms with E-state index in [0.717, 1.165) is 11.1 Å². The van der Waals surface area contributed by atoms with E-state index in [1.54, 1.807) is 0 Å². The molecule has 1 aromatic rings. The highest BCUT2D eigenvalue weighted by Crippen LogP contribution is 2.17. The van der Waals surface area contributed by atoms with Crippen molar-refractivity contribution in [2.75, 3.05) is 0 Å². The molecule has 0 atom stereocenters. The van der Waals surface area contributed by atoms with Gasteiger partial charge in [-0.1, -0.05) is 24.3 Å². The van der Waals surface area contributed by atoms with Gasteiger partial charge in [0, 0.05) is 13.0 Å². The minimum Gasteiger partial charge on any atom is -0.443 e. The SMILES string of the molecule is CC(C)(Cc1ccc(CN)cc1)OC(N)=O. The first-order chi connectivity index (χ1) is 7.43. The number of primary amides is 1. The molecule has 0 aliphatic carbocycles. The zero-order valence-corrected chi connectivity index (χ0v) is 9.69. The van der Waals surface area contributed by atoms with Crippen LogP contribution in [0.1, 0.15) is 25.0 Å². The average molecular weight is 222 g/mol. The van der Waals surface area contributed by atoms with Crippen molar-refractivity contribution in [3.8, 4) is 0 Å². The summed E-state index contributed by atoms with van der Waals surface area (Å²) in [5.74, 6) is 0. The molecule has 4 heteroatoms. The lowest BCUT2D eigenvalue weighted by molar-refractivity contribution is 0.0460. The highest BCUT2D eigenvalue weighted by molar-refractivity contribution is 5.65. The monoisotopic (exact) mass is 222 g/mol. The number of carbonyl (C=O) groups excluding carboxylic acids is 1. The van der Waals surface area contributed by atoms with Gasteiger partial charge in [-0.25, -0.2) is 4.79 Å². The third-order valence-electron chi connectivity index (χ3n) is 2.27. The van der Waals surface area contributed by atoms with E-state index in [9.17, 15) is 4.79 Å². The molecule has 88 valence electrons. The zero-order chi connectivity index (χ0) is 12.2. The van der Waals surface area contributed by atoms with Crippen LogP contribution >= 0.6 is 0 Å². The summed E-state index contributed by atoms with van der Waals surface area (Å²) in [5, 5.41) is 0. The van der Waals surface area contributed by atoms with Crippen molar-refractivity contribution in [2.24, 2.45) is 11.5 Å². The van der Waals surface area contributed by atoms with E-state index in [1.165, 1.54) is 0 Å². The summed E-state index contributed by atoms with van der Waals surface area (Å²) >= 11 is 0. The lowest BCUT2D eigenvalue weighted by Gasteiger charge is -2.24. The van der Waals surface area contributed by atoms with Crippen molar-refractivity contribution < 1.29 is 9.53 Å². The molecule has 0 saturated carbocycles. The molecule has 0 aliphatic rings. The molecule has 0 spiro atoms. The molecular weight excluding hydrogens is 204 g/mol. The fourth-order valence-electron chi connectivity index (χ4n) is 1.59. The molecule has 0 saturated heterocycles. The van der Waals surface area contributed by atoms with Crippen LogP contribution in [-0.4, -0.2) is 11.7 Å². The van der Waals surface area contributed by atoms with Crippen molar-refractivity contribution in [1.82, 2.24) is 0 Å². The minimum absolute atomic E-state index is 0.529. The lowest BCUT2D eigenvalue weighted by atomic mass is 9.97. The van der Waals surface area contributed by atoms with Gasteiger partial charge in [0.25, 0.3) is 0 Å². The Hall–Kier alpha value is -1.55. The van der Waals surface area contributed by atoms with Crippen molar-refractivity contribution >= 4 is 6.09 Å². The Labute approximate surface area is 95.6 Å². The fraction of sp³-hybridized carbons (Fsp3) is 0.417. The molecule has 0 radical (unpaired) electrons. The molecule has 0 heterocycles. The third kappa shape index (κ3) is 3.90. The van der Waals surface area contributed by atoms with Crippen LogP contribution in [0, 0.1) is 0 Å². The summed E-state index contributed by atoms with van der Waals surface area (Å²) < 4.78 is 5.01. The fourth-order valence-corrected chi connectivity index (χ4v) is 1.59. The molecule has 0 fully saturated rings. The molecule has 1 aromatic carbocycles. The number of hydrogen-bond donors (Lipinski definition) is 2. The maximum atomic E-state index is 10.7. The van der Waals surface area contributed by atoms with Gasteiger partial charge < -0.3 is 16.2 Å². The summed E-state index contributed by atoms with van der Waals surface area (Å²) in [4.78, 5) is 10.7. The van der Waals surface area contributed by atoms with Gasteiger partial charge in [0.1, 0.15) is 5.60 Å². The van der Waals surface area contributed by atoms with Crippen LogP contribution in [0.5, 0.6) is 0 Å². The summed E-state index contributed by atoms with van der Waals surface area (Å²) in [6.45, 7) is 4.19. The van der Waals surface area contributed by atoms with E-state index in [0.29, 0.717) is 13.0 Å². The van der Waals surface area contributed by atoms with Gasteiger partial charge in [-0.3, -0.25) is 0 Å². The van der Waals surface area contributed by atoms with E-state index in [1.807, 2.05) is 38.1 Å². The average Bonchev–Trinajstić information content (AvgIpc) is 2.16. The van der Waals surface area contributed by atoms with Crippen LogP contribution in [0.2, 0.25) is 0 Å². The molecule has 0 bridgehead atoms. The van der Waals surface area contributed by atoms with Gasteiger partial charge in [-0.2, -0.15) is 0 Å². The van der Waals surface area contributed by atoms with Crippen molar-refractivity contribution in [3.63, 3.8) is 0 Å². The van der Waals surface area contributed by atoms with Gasteiger partial charge >= 0.3 is 6.09 Å². The van der Waals surface area contributed by atoms with E-state index >= 15 is 0 Å². The van der Waals surface area contributed by atoms with Gasteiger partial charge in [0.15, 0.2) is 0 Å². The smallest absolute Gasteiger partial charge is 0.405 e.